The molecule has 4 aromatic rings. The van der Waals surface area contributed by atoms with E-state index in [2.05, 4.69) is 5.10 Å². The quantitative estimate of drug-likeness (QED) is 0.211. The number of ether oxygens (including phenoxy) is 3. The van der Waals surface area contributed by atoms with Crippen LogP contribution in [0.4, 0.5) is 5.69 Å². The molecule has 0 aromatic heterocycles. The summed E-state index contributed by atoms with van der Waals surface area (Å²) in [5.41, 5.74) is 4.76. The molecule has 0 spiro atoms. The smallest absolute Gasteiger partial charge is 0.280 e. The van der Waals surface area contributed by atoms with E-state index >= 15 is 0 Å². The fourth-order valence-electron chi connectivity index (χ4n) is 4.24. The standard InChI is InChI=1S/C33H30N2O4/c1-3-37-32-20-26(18-19-31(32)39-22-25-12-6-4-7-13-25)23-38-30-17-11-10-14-27(30)21-29-24(2)34-35(33(29)36)28-15-8-5-9-16-28/h4-21H,3,22-23H2,1-2H3/b29-21-. The van der Waals surface area contributed by atoms with Gasteiger partial charge >= 0.3 is 0 Å². The summed E-state index contributed by atoms with van der Waals surface area (Å²) in [5.74, 6) is 1.87. The van der Waals surface area contributed by atoms with E-state index in [0.29, 0.717) is 48.4 Å². The first-order chi connectivity index (χ1) is 19.1. The van der Waals surface area contributed by atoms with Gasteiger partial charge in [0.05, 0.1) is 23.6 Å². The van der Waals surface area contributed by atoms with E-state index in [4.69, 9.17) is 14.2 Å². The zero-order chi connectivity index (χ0) is 27.0. The number of benzene rings is 4. The van der Waals surface area contributed by atoms with Crippen LogP contribution in [0.3, 0.4) is 0 Å². The third kappa shape index (κ3) is 6.18. The van der Waals surface area contributed by atoms with Crippen LogP contribution in [0, 0.1) is 0 Å². The molecule has 0 unspecified atom stereocenters. The van der Waals surface area contributed by atoms with E-state index in [-0.39, 0.29) is 5.91 Å². The Morgan fingerprint density at radius 1 is 0.718 bits per heavy atom. The number of amides is 1. The lowest BCUT2D eigenvalue weighted by atomic mass is 10.1. The van der Waals surface area contributed by atoms with Gasteiger partial charge in [-0.3, -0.25) is 4.79 Å². The lowest BCUT2D eigenvalue weighted by Gasteiger charge is -2.15. The van der Waals surface area contributed by atoms with Crippen molar-refractivity contribution < 1.29 is 19.0 Å². The van der Waals surface area contributed by atoms with Crippen molar-refractivity contribution in [3.63, 3.8) is 0 Å². The highest BCUT2D eigenvalue weighted by Crippen LogP contribution is 2.31. The molecule has 0 radical (unpaired) electrons. The van der Waals surface area contributed by atoms with E-state index in [9.17, 15) is 4.79 Å². The Hall–Kier alpha value is -4.84. The van der Waals surface area contributed by atoms with E-state index < -0.39 is 0 Å². The van der Waals surface area contributed by atoms with Crippen LogP contribution in [0.5, 0.6) is 17.2 Å². The predicted octanol–water partition coefficient (Wildman–Crippen LogP) is 7.05. The summed E-state index contributed by atoms with van der Waals surface area (Å²) >= 11 is 0. The zero-order valence-corrected chi connectivity index (χ0v) is 22.0. The van der Waals surface area contributed by atoms with Crippen molar-refractivity contribution in [3.05, 3.63) is 125 Å². The molecular weight excluding hydrogens is 488 g/mol. The second-order valence-corrected chi connectivity index (χ2v) is 9.01. The lowest BCUT2D eigenvalue weighted by molar-refractivity contribution is -0.114. The Bertz CT molecular complexity index is 1500. The highest BCUT2D eigenvalue weighted by atomic mass is 16.5. The highest BCUT2D eigenvalue weighted by molar-refractivity contribution is 6.32. The summed E-state index contributed by atoms with van der Waals surface area (Å²) in [6.45, 7) is 5.10. The summed E-state index contributed by atoms with van der Waals surface area (Å²) in [4.78, 5) is 13.2. The maximum Gasteiger partial charge on any atom is 0.280 e. The number of hydrogen-bond donors (Lipinski definition) is 0. The van der Waals surface area contributed by atoms with Crippen molar-refractivity contribution in [1.29, 1.82) is 0 Å². The molecule has 0 atom stereocenters. The van der Waals surface area contributed by atoms with E-state index in [1.165, 1.54) is 5.01 Å². The molecule has 0 aliphatic carbocycles. The first kappa shape index (κ1) is 25.8. The van der Waals surface area contributed by atoms with Crippen molar-refractivity contribution in [2.75, 3.05) is 11.6 Å². The van der Waals surface area contributed by atoms with Gasteiger partial charge in [0.2, 0.25) is 0 Å². The molecule has 0 N–H and O–H groups in total. The van der Waals surface area contributed by atoms with Crippen LogP contribution in [0.2, 0.25) is 0 Å². The van der Waals surface area contributed by atoms with E-state index in [0.717, 1.165) is 22.4 Å². The molecule has 39 heavy (non-hydrogen) atoms. The van der Waals surface area contributed by atoms with Crippen molar-refractivity contribution in [2.45, 2.75) is 27.1 Å². The topological polar surface area (TPSA) is 60.4 Å². The summed E-state index contributed by atoms with van der Waals surface area (Å²) in [5, 5.41) is 5.91. The number of anilines is 1. The van der Waals surface area contributed by atoms with Crippen LogP contribution in [-0.4, -0.2) is 18.2 Å². The average molecular weight is 519 g/mol. The summed E-state index contributed by atoms with van der Waals surface area (Å²) in [6.07, 6.45) is 1.84. The Morgan fingerprint density at radius 2 is 1.38 bits per heavy atom. The number of para-hydroxylation sites is 2. The molecule has 0 saturated heterocycles. The maximum absolute atomic E-state index is 13.2. The minimum absolute atomic E-state index is 0.166. The molecule has 0 bridgehead atoms. The van der Waals surface area contributed by atoms with Crippen LogP contribution in [0.1, 0.15) is 30.5 Å². The second-order valence-electron chi connectivity index (χ2n) is 9.01. The molecule has 0 saturated carbocycles. The van der Waals surface area contributed by atoms with Crippen LogP contribution >= 0.6 is 0 Å². The molecule has 5 rings (SSSR count). The van der Waals surface area contributed by atoms with Gasteiger partial charge in [0.15, 0.2) is 11.5 Å². The average Bonchev–Trinajstić information content (AvgIpc) is 3.26. The van der Waals surface area contributed by atoms with Crippen LogP contribution < -0.4 is 19.2 Å². The SMILES string of the molecule is CCOc1cc(COc2ccccc2/C=C2\C(=O)N(c3ccccc3)N=C2C)ccc1OCc1ccccc1. The predicted molar refractivity (Wildman–Crippen MR) is 154 cm³/mol. The number of carbonyl (C=O) groups excluding carboxylic acids is 1. The van der Waals surface area contributed by atoms with Crippen LogP contribution in [-0.2, 0) is 18.0 Å². The van der Waals surface area contributed by atoms with Gasteiger partial charge in [-0.2, -0.15) is 10.1 Å². The number of rotatable bonds is 10. The van der Waals surface area contributed by atoms with E-state index in [1.807, 2.05) is 123 Å². The Labute approximate surface area is 228 Å². The fraction of sp³-hybridized carbons (Fsp3) is 0.152. The molecule has 196 valence electrons. The van der Waals surface area contributed by atoms with E-state index in [1.54, 1.807) is 0 Å². The van der Waals surface area contributed by atoms with Gasteiger partial charge in [0.25, 0.3) is 5.91 Å². The van der Waals surface area contributed by atoms with Crippen molar-refractivity contribution in [3.8, 4) is 17.2 Å². The van der Waals surface area contributed by atoms with Gasteiger partial charge in [0.1, 0.15) is 19.0 Å². The first-order valence-electron chi connectivity index (χ1n) is 12.9. The monoisotopic (exact) mass is 518 g/mol. The highest BCUT2D eigenvalue weighted by Gasteiger charge is 2.28. The number of carbonyl (C=O) groups is 1. The summed E-state index contributed by atoms with van der Waals surface area (Å²) < 4.78 is 18.1. The molecular formula is C33H30N2O4. The zero-order valence-electron chi connectivity index (χ0n) is 22.0. The van der Waals surface area contributed by atoms with Gasteiger partial charge in [0, 0.05) is 5.56 Å². The molecule has 1 heterocycles. The van der Waals surface area contributed by atoms with Gasteiger partial charge < -0.3 is 14.2 Å². The van der Waals surface area contributed by atoms with Gasteiger partial charge in [-0.05, 0) is 61.4 Å². The molecule has 1 aliphatic heterocycles. The Morgan fingerprint density at radius 3 is 2.15 bits per heavy atom. The Kier molecular flexibility index (Phi) is 8.03. The molecule has 1 aliphatic rings. The number of hydrogen-bond acceptors (Lipinski definition) is 5. The number of nitrogens with zero attached hydrogens (tertiary/aromatic N) is 2. The van der Waals surface area contributed by atoms with Crippen LogP contribution in [0.15, 0.2) is 114 Å². The third-order valence-electron chi connectivity index (χ3n) is 6.22. The van der Waals surface area contributed by atoms with Crippen molar-refractivity contribution >= 4 is 23.4 Å². The van der Waals surface area contributed by atoms with Crippen molar-refractivity contribution in [1.82, 2.24) is 0 Å². The summed E-state index contributed by atoms with van der Waals surface area (Å²) in [6, 6.07) is 32.9. The molecule has 6 nitrogen and oxygen atoms in total. The van der Waals surface area contributed by atoms with Gasteiger partial charge in [-0.15, -0.1) is 0 Å². The lowest BCUT2D eigenvalue weighted by Crippen LogP contribution is -2.21. The van der Waals surface area contributed by atoms with Gasteiger partial charge in [-0.25, -0.2) is 0 Å². The normalized spacial score (nSPS) is 13.9. The Balaban J connectivity index is 1.31. The largest absolute Gasteiger partial charge is 0.490 e. The fourth-order valence-corrected chi connectivity index (χ4v) is 4.24. The second kappa shape index (κ2) is 12.1. The van der Waals surface area contributed by atoms with Gasteiger partial charge in [-0.1, -0.05) is 72.8 Å². The maximum atomic E-state index is 13.2. The summed E-state index contributed by atoms with van der Waals surface area (Å²) in [7, 11) is 0. The molecule has 6 heteroatoms. The van der Waals surface area contributed by atoms with Crippen LogP contribution in [0.25, 0.3) is 6.08 Å². The molecule has 0 fully saturated rings. The molecule has 1 amide bonds. The minimum atomic E-state index is -0.166. The first-order valence-corrected chi connectivity index (χ1v) is 12.9. The number of hydrazone groups is 1. The minimum Gasteiger partial charge on any atom is -0.490 e. The molecule has 4 aromatic carbocycles. The third-order valence-corrected chi connectivity index (χ3v) is 6.22. The van der Waals surface area contributed by atoms with Crippen molar-refractivity contribution in [2.24, 2.45) is 5.10 Å².